The zero-order valence-corrected chi connectivity index (χ0v) is 22.0. The quantitative estimate of drug-likeness (QED) is 0.253. The molecule has 190 valence electrons. The summed E-state index contributed by atoms with van der Waals surface area (Å²) < 4.78 is 15.4. The second kappa shape index (κ2) is 10.5. The van der Waals surface area contributed by atoms with Crippen LogP contribution in [0.2, 0.25) is 0 Å². The highest BCUT2D eigenvalue weighted by Crippen LogP contribution is 2.37. The number of halogens is 1. The molecule has 1 aromatic carbocycles. The maximum absolute atomic E-state index is 13.5. The van der Waals surface area contributed by atoms with Gasteiger partial charge in [0.05, 0.1) is 12.1 Å². The molecule has 0 N–H and O–H groups in total. The molecule has 0 fully saturated rings. The zero-order chi connectivity index (χ0) is 26.8. The molecule has 0 bridgehead atoms. The molecule has 0 spiro atoms. The van der Waals surface area contributed by atoms with Crippen LogP contribution in [0.4, 0.5) is 15.3 Å². The number of nitriles is 1. The van der Waals surface area contributed by atoms with Crippen molar-refractivity contribution in [3.05, 3.63) is 77.2 Å². The third kappa shape index (κ3) is 4.76. The summed E-state index contributed by atoms with van der Waals surface area (Å²) in [5.74, 6) is 1.09. The van der Waals surface area contributed by atoms with Crippen molar-refractivity contribution in [1.29, 1.82) is 5.26 Å². The van der Waals surface area contributed by atoms with Gasteiger partial charge in [-0.15, -0.1) is 0 Å². The smallest absolute Gasteiger partial charge is 0.192 e. The standard InChI is InChI=1S/C28H24FN7OS/c1-4-21(37)12-24-31-14-19(15-32-24)18-8-11-25-33-22(5-2)27(36(25)16-18)35(3)28-34-26(23(13-30)38-28)17-6-9-20(29)10-7-17/h6-11,14-16H,4-5,12H2,1-3H3. The van der Waals surface area contributed by atoms with Crippen molar-refractivity contribution in [2.24, 2.45) is 0 Å². The fourth-order valence-electron chi connectivity index (χ4n) is 4.16. The number of aryl methyl sites for hydroxylation is 1. The molecule has 0 radical (unpaired) electrons. The van der Waals surface area contributed by atoms with E-state index < -0.39 is 0 Å². The van der Waals surface area contributed by atoms with Crippen LogP contribution < -0.4 is 4.90 Å². The van der Waals surface area contributed by atoms with Crippen LogP contribution >= 0.6 is 11.3 Å². The number of fused-ring (bicyclic) bond motifs is 1. The zero-order valence-electron chi connectivity index (χ0n) is 21.1. The van der Waals surface area contributed by atoms with Gasteiger partial charge in [-0.3, -0.25) is 9.20 Å². The predicted octanol–water partition coefficient (Wildman–Crippen LogP) is 5.78. The minimum absolute atomic E-state index is 0.0988. The summed E-state index contributed by atoms with van der Waals surface area (Å²) in [6.45, 7) is 3.86. The summed E-state index contributed by atoms with van der Waals surface area (Å²) in [6.07, 6.45) is 6.80. The maximum Gasteiger partial charge on any atom is 0.192 e. The van der Waals surface area contributed by atoms with Gasteiger partial charge >= 0.3 is 0 Å². The van der Waals surface area contributed by atoms with Crippen LogP contribution in [0.25, 0.3) is 28.0 Å². The summed E-state index contributed by atoms with van der Waals surface area (Å²) in [6, 6.07) is 12.1. The Morgan fingerprint density at radius 3 is 2.42 bits per heavy atom. The highest BCUT2D eigenvalue weighted by molar-refractivity contribution is 7.16. The van der Waals surface area contributed by atoms with Gasteiger partial charge in [0.15, 0.2) is 5.13 Å². The van der Waals surface area contributed by atoms with Gasteiger partial charge in [0.1, 0.15) is 45.5 Å². The summed E-state index contributed by atoms with van der Waals surface area (Å²) in [5.41, 5.74) is 4.56. The molecule has 10 heteroatoms. The van der Waals surface area contributed by atoms with E-state index in [1.807, 2.05) is 48.5 Å². The normalized spacial score (nSPS) is 11.0. The number of carbonyl (C=O) groups excluding carboxylic acids is 1. The number of Topliss-reactive ketones (excluding diaryl/α,β-unsaturated/α-hetero) is 1. The minimum atomic E-state index is -0.344. The number of thiazole rings is 1. The minimum Gasteiger partial charge on any atom is -0.305 e. The van der Waals surface area contributed by atoms with E-state index >= 15 is 0 Å². The molecule has 0 aliphatic rings. The summed E-state index contributed by atoms with van der Waals surface area (Å²) in [7, 11) is 1.90. The fourth-order valence-corrected chi connectivity index (χ4v) is 5.01. The molecule has 4 heterocycles. The van der Waals surface area contributed by atoms with Crippen LogP contribution in [0.5, 0.6) is 0 Å². The molecule has 5 aromatic rings. The molecule has 0 aliphatic heterocycles. The van der Waals surface area contributed by atoms with Crippen LogP contribution in [-0.2, 0) is 17.6 Å². The molecule has 4 aromatic heterocycles. The van der Waals surface area contributed by atoms with Crippen molar-refractivity contribution in [3.63, 3.8) is 0 Å². The van der Waals surface area contributed by atoms with E-state index in [0.29, 0.717) is 39.9 Å². The molecule has 0 atom stereocenters. The van der Waals surface area contributed by atoms with Crippen molar-refractivity contribution in [1.82, 2.24) is 24.3 Å². The summed E-state index contributed by atoms with van der Waals surface area (Å²) in [5, 5.41) is 10.4. The number of imidazole rings is 1. The number of ketones is 1. The third-order valence-corrected chi connectivity index (χ3v) is 7.26. The number of pyridine rings is 1. The van der Waals surface area contributed by atoms with E-state index in [9.17, 15) is 14.4 Å². The number of nitrogens with zero attached hydrogens (tertiary/aromatic N) is 7. The van der Waals surface area contributed by atoms with Crippen molar-refractivity contribution in [3.8, 4) is 28.5 Å². The van der Waals surface area contributed by atoms with E-state index in [1.54, 1.807) is 24.5 Å². The highest BCUT2D eigenvalue weighted by Gasteiger charge is 2.22. The van der Waals surface area contributed by atoms with Gasteiger partial charge in [-0.1, -0.05) is 25.2 Å². The number of hydrogen-bond acceptors (Lipinski definition) is 8. The first-order valence-corrected chi connectivity index (χ1v) is 13.0. The van der Waals surface area contributed by atoms with Crippen LogP contribution in [0, 0.1) is 17.1 Å². The van der Waals surface area contributed by atoms with Gasteiger partial charge in [-0.2, -0.15) is 5.26 Å². The van der Waals surface area contributed by atoms with Crippen molar-refractivity contribution >= 4 is 33.7 Å². The number of hydrogen-bond donors (Lipinski definition) is 0. The molecule has 0 saturated heterocycles. The first-order chi connectivity index (χ1) is 18.4. The lowest BCUT2D eigenvalue weighted by molar-refractivity contribution is -0.118. The third-order valence-electron chi connectivity index (χ3n) is 6.23. The Morgan fingerprint density at radius 1 is 1.05 bits per heavy atom. The van der Waals surface area contributed by atoms with Crippen molar-refractivity contribution < 1.29 is 9.18 Å². The van der Waals surface area contributed by atoms with Gasteiger partial charge in [0.25, 0.3) is 0 Å². The second-order valence-corrected chi connectivity index (χ2v) is 9.67. The average molecular weight is 526 g/mol. The molecular formula is C28H24FN7OS. The Bertz CT molecular complexity index is 1670. The molecule has 0 amide bonds. The topological polar surface area (TPSA) is 100 Å². The largest absolute Gasteiger partial charge is 0.305 e. The Kier molecular flexibility index (Phi) is 6.94. The van der Waals surface area contributed by atoms with Crippen molar-refractivity contribution in [2.45, 2.75) is 33.1 Å². The predicted molar refractivity (Wildman–Crippen MR) is 145 cm³/mol. The number of carbonyl (C=O) groups is 1. The molecule has 0 saturated carbocycles. The van der Waals surface area contributed by atoms with Crippen molar-refractivity contribution in [2.75, 3.05) is 11.9 Å². The number of rotatable bonds is 8. The van der Waals surface area contributed by atoms with Gasteiger partial charge in [-0.05, 0) is 42.8 Å². The molecule has 38 heavy (non-hydrogen) atoms. The lowest BCUT2D eigenvalue weighted by atomic mass is 10.1. The van der Waals surface area contributed by atoms with Crippen LogP contribution in [0.3, 0.4) is 0 Å². The van der Waals surface area contributed by atoms with Crippen LogP contribution in [0.1, 0.15) is 36.7 Å². The highest BCUT2D eigenvalue weighted by atomic mass is 32.1. The van der Waals surface area contributed by atoms with E-state index in [2.05, 4.69) is 16.0 Å². The molecular weight excluding hydrogens is 501 g/mol. The summed E-state index contributed by atoms with van der Waals surface area (Å²) >= 11 is 1.27. The van der Waals surface area contributed by atoms with E-state index in [-0.39, 0.29) is 18.0 Å². The Morgan fingerprint density at radius 2 is 1.76 bits per heavy atom. The maximum atomic E-state index is 13.5. The Balaban J connectivity index is 1.54. The molecule has 5 rings (SSSR count). The molecule has 0 unspecified atom stereocenters. The first kappa shape index (κ1) is 25.2. The lowest BCUT2D eigenvalue weighted by Gasteiger charge is -2.17. The van der Waals surface area contributed by atoms with Gasteiger partial charge < -0.3 is 4.90 Å². The SMILES string of the molecule is CCC(=O)Cc1ncc(-c2ccc3nc(CC)c(N(C)c4nc(-c5ccc(F)cc5)c(C#N)s4)n3c2)cn1. The Labute approximate surface area is 223 Å². The van der Waals surface area contributed by atoms with Crippen LogP contribution in [0.15, 0.2) is 55.0 Å². The van der Waals surface area contributed by atoms with E-state index in [0.717, 1.165) is 28.3 Å². The monoisotopic (exact) mass is 525 g/mol. The summed E-state index contributed by atoms with van der Waals surface area (Å²) in [4.78, 5) is 32.4. The van der Waals surface area contributed by atoms with Gasteiger partial charge in [-0.25, -0.2) is 24.3 Å². The molecule has 8 nitrogen and oxygen atoms in total. The number of benzene rings is 1. The number of anilines is 2. The lowest BCUT2D eigenvalue weighted by Crippen LogP contribution is -2.13. The van der Waals surface area contributed by atoms with Gasteiger partial charge in [0, 0.05) is 48.7 Å². The van der Waals surface area contributed by atoms with E-state index in [4.69, 9.17) is 9.97 Å². The fraction of sp³-hybridized carbons (Fsp3) is 0.214. The van der Waals surface area contributed by atoms with E-state index in [1.165, 1.54) is 23.5 Å². The first-order valence-electron chi connectivity index (χ1n) is 12.2. The average Bonchev–Trinajstić information content (AvgIpc) is 3.54. The van der Waals surface area contributed by atoms with Crippen LogP contribution in [-0.4, -0.2) is 37.2 Å². The van der Waals surface area contributed by atoms with Gasteiger partial charge in [0.2, 0.25) is 0 Å². The molecule has 0 aliphatic carbocycles. The second-order valence-electron chi connectivity index (χ2n) is 8.69. The Hall–Kier alpha value is -4.49. The number of aromatic nitrogens is 5.